The van der Waals surface area contributed by atoms with Gasteiger partial charge in [0.25, 0.3) is 0 Å². The molecule has 20 aromatic carbocycles. The van der Waals surface area contributed by atoms with Crippen molar-refractivity contribution in [2.75, 3.05) is 0 Å². The smallest absolute Gasteiger partial charge is 0.0979 e. The Morgan fingerprint density at radius 2 is 0.449 bits per heavy atom. The molecule has 0 bridgehead atoms. The summed E-state index contributed by atoms with van der Waals surface area (Å²) < 4.78 is 4.97. The molecule has 6 nitrogen and oxygen atoms in total. The number of rotatable bonds is 10. The molecule has 0 amide bonds. The van der Waals surface area contributed by atoms with Crippen LogP contribution in [-0.2, 0) is 0 Å². The van der Waals surface area contributed by atoms with E-state index in [9.17, 15) is 0 Å². The van der Waals surface area contributed by atoms with Crippen LogP contribution in [0.4, 0.5) is 0 Å². The van der Waals surface area contributed by atoms with Crippen LogP contribution < -0.4 is 0 Å². The van der Waals surface area contributed by atoms with E-state index in [1.165, 1.54) is 103 Å². The van der Waals surface area contributed by atoms with Crippen LogP contribution >= 0.6 is 0 Å². The summed E-state index contributed by atoms with van der Waals surface area (Å²) >= 11 is 0. The fourth-order valence-electron chi connectivity index (χ4n) is 18.6. The third-order valence-corrected chi connectivity index (χ3v) is 23.9. The minimum atomic E-state index is 0.853. The van der Waals surface area contributed by atoms with Crippen molar-refractivity contribution in [3.8, 4) is 101 Å². The van der Waals surface area contributed by atoms with Crippen LogP contribution in [0.25, 0.3) is 231 Å². The SMILES string of the molecule is c1ccc(-c2cc(-c3ccccc3)cc(-c3nc4ccccc4nc3-c3cccc4c(-n5c6ccc7ccccc7c6c6c7ccccc7ccc65)cccc34)c2)cc1.c1ccc(-c2cccc(-c3nc4ccccc4nc3-c3cccc4c(-n5c6ccc7ccccc7c6c6c7ccccc7c(-c7ccccc7)cc65)cccc34)c2)cc1. The van der Waals surface area contributed by atoms with E-state index in [0.29, 0.717) is 0 Å². The summed E-state index contributed by atoms with van der Waals surface area (Å²) in [7, 11) is 0. The molecule has 24 rings (SSSR count). The summed E-state index contributed by atoms with van der Waals surface area (Å²) in [6.07, 6.45) is 0. The lowest BCUT2D eigenvalue weighted by molar-refractivity contribution is 1.20. The molecule has 0 radical (unpaired) electrons. The van der Waals surface area contributed by atoms with E-state index >= 15 is 0 Å². The lowest BCUT2D eigenvalue weighted by Crippen LogP contribution is -1.99. The first-order valence-corrected chi connectivity index (χ1v) is 40.3. The van der Waals surface area contributed by atoms with E-state index in [1.807, 2.05) is 24.3 Å². The number of aromatic nitrogens is 6. The van der Waals surface area contributed by atoms with Gasteiger partial charge in [-0.05, 0) is 183 Å². The summed E-state index contributed by atoms with van der Waals surface area (Å²) in [6, 6.07) is 152. The molecule has 4 aromatic heterocycles. The standard InChI is InChI=1S/2C56H35N3/c1-3-15-36(16-4-1)40-33-41(37-17-5-2-6-18-37)35-42(34-40)55-56(58-49-27-12-11-26-48(49)57-55)47-25-13-24-46-45(47)23-14-28-50(46)59-51-31-29-38-19-7-9-21-43(38)53(51)54-44-22-10-8-20-39(44)30-32-52(54)59;1-3-16-36(17-4-1)39-21-13-22-40(34-39)55-56(58-49-30-12-11-29-48(49)57-55)46-28-14-27-44-42(46)26-15-31-50(44)59-51-33-32-38-20-7-8-23-41(38)53(51)54-45-25-10-9-24-43(45)47(35-52(54)59)37-18-5-2-6-19-37/h2*1-35H. The number of hydrogen-bond acceptors (Lipinski definition) is 4. The Morgan fingerprint density at radius 3 is 0.915 bits per heavy atom. The van der Waals surface area contributed by atoms with E-state index in [4.69, 9.17) is 19.9 Å². The summed E-state index contributed by atoms with van der Waals surface area (Å²) in [5, 5.41) is 19.6. The van der Waals surface area contributed by atoms with Crippen LogP contribution in [0.5, 0.6) is 0 Å². The molecule has 0 saturated heterocycles. The van der Waals surface area contributed by atoms with Crippen LogP contribution in [0.2, 0.25) is 0 Å². The average Bonchev–Trinajstić information content (AvgIpc) is 1.55. The van der Waals surface area contributed by atoms with Crippen molar-refractivity contribution in [3.63, 3.8) is 0 Å². The molecule has 0 fully saturated rings. The van der Waals surface area contributed by atoms with Gasteiger partial charge in [-0.3, -0.25) is 0 Å². The van der Waals surface area contributed by atoms with Gasteiger partial charge in [-0.25, -0.2) is 19.9 Å². The zero-order valence-corrected chi connectivity index (χ0v) is 64.1. The molecule has 0 aliphatic rings. The summed E-state index contributed by atoms with van der Waals surface area (Å²) in [6.45, 7) is 0. The fraction of sp³-hybridized carbons (Fsp3) is 0. The Balaban J connectivity index is 0.000000138. The summed E-state index contributed by atoms with van der Waals surface area (Å²) in [5.41, 5.74) is 27.3. The molecule has 0 spiro atoms. The van der Waals surface area contributed by atoms with Crippen molar-refractivity contribution in [1.29, 1.82) is 0 Å². The first kappa shape index (κ1) is 67.9. The molecule has 118 heavy (non-hydrogen) atoms. The first-order chi connectivity index (χ1) is 58.5. The van der Waals surface area contributed by atoms with E-state index in [2.05, 4.69) is 410 Å². The molecule has 0 saturated carbocycles. The number of para-hydroxylation sites is 4. The highest BCUT2D eigenvalue weighted by atomic mass is 15.0. The van der Waals surface area contributed by atoms with Gasteiger partial charge in [0.2, 0.25) is 0 Å². The highest BCUT2D eigenvalue weighted by Gasteiger charge is 2.26. The second kappa shape index (κ2) is 28.1. The molecule has 0 aliphatic carbocycles. The third kappa shape index (κ3) is 11.3. The van der Waals surface area contributed by atoms with Crippen molar-refractivity contribution in [2.24, 2.45) is 0 Å². The number of benzene rings is 20. The zero-order valence-electron chi connectivity index (χ0n) is 64.1. The maximum absolute atomic E-state index is 5.47. The third-order valence-electron chi connectivity index (χ3n) is 23.9. The first-order valence-electron chi connectivity index (χ1n) is 40.3. The zero-order chi connectivity index (χ0) is 77.7. The quantitative estimate of drug-likeness (QED) is 0.137. The van der Waals surface area contributed by atoms with Crippen LogP contribution in [0.3, 0.4) is 0 Å². The predicted octanol–water partition coefficient (Wildman–Crippen LogP) is 29.7. The maximum Gasteiger partial charge on any atom is 0.0979 e. The van der Waals surface area contributed by atoms with E-state index in [1.54, 1.807) is 0 Å². The Bertz CT molecular complexity index is 8020. The lowest BCUT2D eigenvalue weighted by Gasteiger charge is -2.17. The van der Waals surface area contributed by atoms with Crippen LogP contribution in [0.15, 0.2) is 425 Å². The molecule has 0 atom stereocenters. The lowest BCUT2D eigenvalue weighted by atomic mass is 9.92. The van der Waals surface area contributed by atoms with Gasteiger partial charge in [0, 0.05) is 54.6 Å². The minimum Gasteiger partial charge on any atom is -0.309 e. The van der Waals surface area contributed by atoms with Gasteiger partial charge in [0.1, 0.15) is 0 Å². The van der Waals surface area contributed by atoms with Gasteiger partial charge in [-0.15, -0.1) is 0 Å². The van der Waals surface area contributed by atoms with Crippen molar-refractivity contribution < 1.29 is 0 Å². The second-order valence-corrected chi connectivity index (χ2v) is 30.6. The van der Waals surface area contributed by atoms with Crippen LogP contribution in [-0.4, -0.2) is 29.1 Å². The van der Waals surface area contributed by atoms with Crippen LogP contribution in [0, 0.1) is 0 Å². The normalized spacial score (nSPS) is 11.7. The second-order valence-electron chi connectivity index (χ2n) is 30.6. The largest absolute Gasteiger partial charge is 0.309 e. The van der Waals surface area contributed by atoms with Gasteiger partial charge >= 0.3 is 0 Å². The van der Waals surface area contributed by atoms with Crippen molar-refractivity contribution in [2.45, 2.75) is 0 Å². The Labute approximate surface area is 680 Å². The Morgan fingerprint density at radius 1 is 0.153 bits per heavy atom. The van der Waals surface area contributed by atoms with Crippen molar-refractivity contribution in [1.82, 2.24) is 29.1 Å². The fourth-order valence-corrected chi connectivity index (χ4v) is 18.6. The molecular weight excluding hydrogens is 1430 g/mol. The highest BCUT2D eigenvalue weighted by molar-refractivity contribution is 6.32. The van der Waals surface area contributed by atoms with Crippen molar-refractivity contribution >= 4 is 130 Å². The monoisotopic (exact) mass is 1500 g/mol. The van der Waals surface area contributed by atoms with Gasteiger partial charge in [0.05, 0.1) is 78.3 Å². The molecule has 0 N–H and O–H groups in total. The number of fused-ring (bicyclic) bond motifs is 18. The molecular formula is C112H70N6. The molecule has 0 aliphatic heterocycles. The Hall–Kier alpha value is -15.8. The highest BCUT2D eigenvalue weighted by Crippen LogP contribution is 2.49. The molecule has 6 heteroatoms. The van der Waals surface area contributed by atoms with Crippen LogP contribution in [0.1, 0.15) is 0 Å². The number of nitrogens with zero attached hydrogens (tertiary/aromatic N) is 6. The predicted molar refractivity (Wildman–Crippen MR) is 496 cm³/mol. The topological polar surface area (TPSA) is 61.4 Å². The summed E-state index contributed by atoms with van der Waals surface area (Å²) in [4.78, 5) is 21.7. The van der Waals surface area contributed by atoms with E-state index < -0.39 is 0 Å². The van der Waals surface area contributed by atoms with Gasteiger partial charge in [-0.2, -0.15) is 0 Å². The average molecular weight is 1500 g/mol. The van der Waals surface area contributed by atoms with E-state index in [0.717, 1.165) is 128 Å². The van der Waals surface area contributed by atoms with Gasteiger partial charge in [-0.1, -0.05) is 340 Å². The van der Waals surface area contributed by atoms with E-state index in [-0.39, 0.29) is 0 Å². The Kier molecular flexibility index (Phi) is 16.2. The molecule has 548 valence electrons. The molecule has 4 heterocycles. The minimum absolute atomic E-state index is 0.853. The molecule has 0 unspecified atom stereocenters. The summed E-state index contributed by atoms with van der Waals surface area (Å²) in [5.74, 6) is 0. The molecule has 24 aromatic rings. The number of hydrogen-bond donors (Lipinski definition) is 0. The van der Waals surface area contributed by atoms with Crippen molar-refractivity contribution in [3.05, 3.63) is 425 Å². The van der Waals surface area contributed by atoms with Gasteiger partial charge in [0.15, 0.2) is 0 Å². The maximum atomic E-state index is 5.47. The van der Waals surface area contributed by atoms with Gasteiger partial charge < -0.3 is 9.13 Å².